The number of ether oxygens (including phenoxy) is 1. The zero-order valence-electron chi connectivity index (χ0n) is 20.3. The number of furan rings is 1. The van der Waals surface area contributed by atoms with Gasteiger partial charge < -0.3 is 24.4 Å². The predicted molar refractivity (Wildman–Crippen MR) is 132 cm³/mol. The molecule has 0 saturated carbocycles. The number of hydroxylamine groups is 1. The minimum atomic E-state index is -1.11. The van der Waals surface area contributed by atoms with Crippen LogP contribution in [0.5, 0.6) is 0 Å². The topological polar surface area (TPSA) is 110 Å². The number of nitrogens with one attached hydrogen (secondary N) is 2. The van der Waals surface area contributed by atoms with Crippen LogP contribution in [0.3, 0.4) is 0 Å². The van der Waals surface area contributed by atoms with Crippen LogP contribution in [0, 0.1) is 6.92 Å². The van der Waals surface area contributed by atoms with Crippen LogP contribution in [0.4, 0.5) is 0 Å². The number of carbonyl (C=O) groups is 2. The summed E-state index contributed by atoms with van der Waals surface area (Å²) in [5.41, 5.74) is 6.50. The number of carbonyl (C=O) groups excluding carboxylic acids is 1. The van der Waals surface area contributed by atoms with Crippen molar-refractivity contribution >= 4 is 11.9 Å². The van der Waals surface area contributed by atoms with Crippen LogP contribution in [-0.4, -0.2) is 36.7 Å². The van der Waals surface area contributed by atoms with Crippen molar-refractivity contribution in [2.24, 2.45) is 0 Å². The van der Waals surface area contributed by atoms with Crippen molar-refractivity contribution in [2.45, 2.75) is 45.9 Å². The zero-order valence-corrected chi connectivity index (χ0v) is 20.3. The summed E-state index contributed by atoms with van der Waals surface area (Å²) < 4.78 is 11.5. The second kappa shape index (κ2) is 12.9. The highest BCUT2D eigenvalue weighted by Crippen LogP contribution is 2.29. The Bertz CT molecular complexity index is 1140. The highest BCUT2D eigenvalue weighted by molar-refractivity contribution is 6.02. The standard InChI is InChI=1S/C27H32N2O6/c1-4-20-10-11-21(35-20)17-34-16-19-9-12-23(24(15-19)22-8-6-5-7-18(22)2)26(30)29-25(27(31)32)13-14-28-33-3/h5-12,15,25,28H,4,13-14,16-17H2,1-3H3,(H,29,30)(H,31,32). The van der Waals surface area contributed by atoms with Gasteiger partial charge in [-0.15, -0.1) is 0 Å². The van der Waals surface area contributed by atoms with Crippen molar-refractivity contribution in [1.29, 1.82) is 0 Å². The van der Waals surface area contributed by atoms with E-state index in [2.05, 4.69) is 10.8 Å². The number of hydrogen-bond acceptors (Lipinski definition) is 6. The summed E-state index contributed by atoms with van der Waals surface area (Å²) in [5, 5.41) is 12.2. The van der Waals surface area contributed by atoms with Gasteiger partial charge in [-0.05, 0) is 59.9 Å². The molecular weight excluding hydrogens is 448 g/mol. The summed E-state index contributed by atoms with van der Waals surface area (Å²) in [6.07, 6.45) is 1.00. The maximum atomic E-state index is 13.2. The van der Waals surface area contributed by atoms with Gasteiger partial charge in [0.05, 0.1) is 13.7 Å². The third kappa shape index (κ3) is 7.26. The van der Waals surface area contributed by atoms with E-state index in [-0.39, 0.29) is 13.0 Å². The molecule has 0 fully saturated rings. The van der Waals surface area contributed by atoms with Gasteiger partial charge in [0, 0.05) is 18.5 Å². The quantitative estimate of drug-likeness (QED) is 0.248. The third-order valence-corrected chi connectivity index (χ3v) is 5.63. The summed E-state index contributed by atoms with van der Waals surface area (Å²) in [6.45, 7) is 4.97. The average Bonchev–Trinajstić information content (AvgIpc) is 3.31. The maximum Gasteiger partial charge on any atom is 0.326 e. The Balaban J connectivity index is 1.81. The third-order valence-electron chi connectivity index (χ3n) is 5.63. The van der Waals surface area contributed by atoms with Gasteiger partial charge in [-0.25, -0.2) is 10.3 Å². The van der Waals surface area contributed by atoms with Crippen LogP contribution in [0.1, 0.15) is 46.3 Å². The largest absolute Gasteiger partial charge is 0.480 e. The molecule has 0 spiro atoms. The molecular formula is C27H32N2O6. The molecule has 0 saturated heterocycles. The number of aryl methyl sites for hydroxylation is 2. The number of rotatable bonds is 13. The second-order valence-corrected chi connectivity index (χ2v) is 8.16. The lowest BCUT2D eigenvalue weighted by atomic mass is 9.93. The summed E-state index contributed by atoms with van der Waals surface area (Å²) >= 11 is 0. The molecule has 1 unspecified atom stereocenters. The molecule has 1 amide bonds. The fraction of sp³-hybridized carbons (Fsp3) is 0.333. The van der Waals surface area contributed by atoms with Gasteiger partial charge in [0.2, 0.25) is 0 Å². The molecule has 0 aliphatic heterocycles. The van der Waals surface area contributed by atoms with Crippen LogP contribution in [0.25, 0.3) is 11.1 Å². The first-order chi connectivity index (χ1) is 16.9. The first-order valence-electron chi connectivity index (χ1n) is 11.6. The number of carboxylic acid groups (broad SMARTS) is 1. The summed E-state index contributed by atoms with van der Waals surface area (Å²) in [7, 11) is 1.45. The molecule has 3 aromatic rings. The van der Waals surface area contributed by atoms with Crippen LogP contribution in [-0.2, 0) is 34.0 Å². The molecule has 3 rings (SSSR count). The molecule has 0 aliphatic carbocycles. The van der Waals surface area contributed by atoms with Crippen molar-refractivity contribution in [3.05, 3.63) is 82.8 Å². The number of hydrogen-bond donors (Lipinski definition) is 3. The van der Waals surface area contributed by atoms with E-state index >= 15 is 0 Å². The van der Waals surface area contributed by atoms with Gasteiger partial charge in [0.25, 0.3) is 5.91 Å². The molecule has 0 radical (unpaired) electrons. The second-order valence-electron chi connectivity index (χ2n) is 8.16. The number of amides is 1. The fourth-order valence-electron chi connectivity index (χ4n) is 3.74. The van der Waals surface area contributed by atoms with Crippen LogP contribution in [0.15, 0.2) is 59.0 Å². The van der Waals surface area contributed by atoms with Gasteiger partial charge in [0.15, 0.2) is 0 Å². The molecule has 186 valence electrons. The van der Waals surface area contributed by atoms with Crippen molar-refractivity contribution in [3.63, 3.8) is 0 Å². The molecule has 0 bridgehead atoms. The van der Waals surface area contributed by atoms with Crippen molar-refractivity contribution in [2.75, 3.05) is 13.7 Å². The number of carboxylic acids is 1. The maximum absolute atomic E-state index is 13.2. The van der Waals surface area contributed by atoms with E-state index in [1.165, 1.54) is 7.11 Å². The Morgan fingerprint density at radius 2 is 1.80 bits per heavy atom. The van der Waals surface area contributed by atoms with E-state index in [1.54, 1.807) is 6.07 Å². The molecule has 8 heteroatoms. The highest BCUT2D eigenvalue weighted by Gasteiger charge is 2.23. The van der Waals surface area contributed by atoms with E-state index in [1.807, 2.05) is 62.4 Å². The Hall–Kier alpha value is -3.46. The van der Waals surface area contributed by atoms with Crippen LogP contribution >= 0.6 is 0 Å². The molecule has 3 N–H and O–H groups in total. The van der Waals surface area contributed by atoms with E-state index in [0.717, 1.165) is 34.6 Å². The molecule has 1 aromatic heterocycles. The molecule has 8 nitrogen and oxygen atoms in total. The fourth-order valence-corrected chi connectivity index (χ4v) is 3.74. The van der Waals surface area contributed by atoms with Crippen molar-refractivity contribution in [3.8, 4) is 11.1 Å². The molecule has 0 aliphatic rings. The first kappa shape index (κ1) is 26.2. The molecule has 2 aromatic carbocycles. The Labute approximate surface area is 205 Å². The SMILES string of the molecule is CCc1ccc(COCc2ccc(C(=O)NC(CCNOC)C(=O)O)c(-c3ccccc3C)c2)o1. The van der Waals surface area contributed by atoms with Gasteiger partial charge >= 0.3 is 5.97 Å². The van der Waals surface area contributed by atoms with E-state index < -0.39 is 17.9 Å². The predicted octanol–water partition coefficient (Wildman–Crippen LogP) is 4.26. The van der Waals surface area contributed by atoms with Crippen molar-refractivity contribution < 1.29 is 28.7 Å². The smallest absolute Gasteiger partial charge is 0.326 e. The Morgan fingerprint density at radius 3 is 2.49 bits per heavy atom. The summed E-state index contributed by atoms with van der Waals surface area (Å²) in [4.78, 5) is 29.6. The number of benzene rings is 2. The monoisotopic (exact) mass is 480 g/mol. The zero-order chi connectivity index (χ0) is 25.2. The van der Waals surface area contributed by atoms with E-state index in [0.29, 0.717) is 24.3 Å². The van der Waals surface area contributed by atoms with Gasteiger partial charge in [-0.2, -0.15) is 0 Å². The van der Waals surface area contributed by atoms with Crippen LogP contribution in [0.2, 0.25) is 0 Å². The lowest BCUT2D eigenvalue weighted by Gasteiger charge is -2.18. The lowest BCUT2D eigenvalue weighted by Crippen LogP contribution is -2.42. The normalized spacial score (nSPS) is 11.9. The van der Waals surface area contributed by atoms with Gasteiger partial charge in [-0.3, -0.25) is 4.79 Å². The Kier molecular flexibility index (Phi) is 9.60. The minimum Gasteiger partial charge on any atom is -0.480 e. The summed E-state index contributed by atoms with van der Waals surface area (Å²) in [6, 6.07) is 16.0. The molecule has 1 heterocycles. The highest BCUT2D eigenvalue weighted by atomic mass is 16.6. The number of aliphatic carboxylic acids is 1. The average molecular weight is 481 g/mol. The lowest BCUT2D eigenvalue weighted by molar-refractivity contribution is -0.139. The molecule has 1 atom stereocenters. The summed E-state index contributed by atoms with van der Waals surface area (Å²) in [5.74, 6) is 0.115. The van der Waals surface area contributed by atoms with E-state index in [9.17, 15) is 14.7 Å². The van der Waals surface area contributed by atoms with E-state index in [4.69, 9.17) is 14.0 Å². The van der Waals surface area contributed by atoms with Gasteiger partial charge in [0.1, 0.15) is 24.2 Å². The molecule has 35 heavy (non-hydrogen) atoms. The van der Waals surface area contributed by atoms with Crippen LogP contribution < -0.4 is 10.8 Å². The Morgan fingerprint density at radius 1 is 1.03 bits per heavy atom. The minimum absolute atomic E-state index is 0.174. The van der Waals surface area contributed by atoms with Crippen molar-refractivity contribution in [1.82, 2.24) is 10.8 Å². The first-order valence-corrected chi connectivity index (χ1v) is 11.6. The van der Waals surface area contributed by atoms with Gasteiger partial charge in [-0.1, -0.05) is 37.3 Å².